The van der Waals surface area contributed by atoms with Gasteiger partial charge >= 0.3 is 5.97 Å². The van der Waals surface area contributed by atoms with Crippen LogP contribution in [0.25, 0.3) is 27.4 Å². The van der Waals surface area contributed by atoms with Crippen LogP contribution in [0, 0.1) is 0 Å². The number of methoxy groups -OCH3 is 1. The van der Waals surface area contributed by atoms with Crippen LogP contribution in [0.3, 0.4) is 0 Å². The first-order valence-electron chi connectivity index (χ1n) is 9.54. The largest absolute Gasteiger partial charge is 0.491 e. The number of carbonyl (C=O) groups is 1. The third-order valence-corrected chi connectivity index (χ3v) is 5.44. The van der Waals surface area contributed by atoms with Crippen molar-refractivity contribution >= 4 is 28.3 Å². The number of hydrogen-bond donors (Lipinski definition) is 0. The fourth-order valence-corrected chi connectivity index (χ4v) is 3.98. The summed E-state index contributed by atoms with van der Waals surface area (Å²) in [6.45, 7) is 3.08. The molecule has 2 aromatic heterocycles. The SMILES string of the molecule is CCOC(=O)c1sc(-n2cnc3cc(OCCOC)ccc32)nc1-c1ccccc1. The van der Waals surface area contributed by atoms with Gasteiger partial charge in [-0.25, -0.2) is 14.8 Å². The predicted molar refractivity (Wildman–Crippen MR) is 116 cm³/mol. The quantitative estimate of drug-likeness (QED) is 0.310. The highest BCUT2D eigenvalue weighted by Gasteiger charge is 2.22. The van der Waals surface area contributed by atoms with E-state index < -0.39 is 0 Å². The van der Waals surface area contributed by atoms with Crippen LogP contribution in [-0.2, 0) is 9.47 Å². The van der Waals surface area contributed by atoms with Crippen molar-refractivity contribution in [2.24, 2.45) is 0 Å². The number of nitrogens with zero attached hydrogens (tertiary/aromatic N) is 3. The highest BCUT2D eigenvalue weighted by atomic mass is 32.1. The first-order valence-corrected chi connectivity index (χ1v) is 10.4. The molecule has 0 spiro atoms. The molecule has 0 aliphatic heterocycles. The molecule has 0 radical (unpaired) electrons. The molecule has 8 heteroatoms. The van der Waals surface area contributed by atoms with Gasteiger partial charge in [0.1, 0.15) is 23.6 Å². The number of hydrogen-bond acceptors (Lipinski definition) is 7. The standard InChI is InChI=1S/C22H21N3O4S/c1-3-28-21(26)20-19(15-7-5-4-6-8-15)24-22(30-20)25-14-23-17-13-16(9-10-18(17)25)29-12-11-27-2/h4-10,13-14H,3,11-12H2,1-2H3. The maximum Gasteiger partial charge on any atom is 0.350 e. The zero-order valence-corrected chi connectivity index (χ0v) is 17.5. The van der Waals surface area contributed by atoms with Gasteiger partial charge in [-0.05, 0) is 19.1 Å². The Kier molecular flexibility index (Phi) is 6.06. The molecule has 0 saturated heterocycles. The van der Waals surface area contributed by atoms with Crippen LogP contribution >= 0.6 is 11.3 Å². The van der Waals surface area contributed by atoms with Gasteiger partial charge in [0.2, 0.25) is 0 Å². The number of fused-ring (bicyclic) bond motifs is 1. The number of thiazole rings is 1. The molecule has 7 nitrogen and oxygen atoms in total. The maximum absolute atomic E-state index is 12.6. The summed E-state index contributed by atoms with van der Waals surface area (Å²) < 4.78 is 17.8. The van der Waals surface area contributed by atoms with E-state index in [4.69, 9.17) is 19.2 Å². The first-order chi connectivity index (χ1) is 14.7. The Labute approximate surface area is 177 Å². The van der Waals surface area contributed by atoms with Crippen molar-refractivity contribution in [1.82, 2.24) is 14.5 Å². The van der Waals surface area contributed by atoms with Crippen molar-refractivity contribution in [2.75, 3.05) is 26.9 Å². The summed E-state index contributed by atoms with van der Waals surface area (Å²) in [5, 5.41) is 0.646. The van der Waals surface area contributed by atoms with E-state index in [1.54, 1.807) is 20.4 Å². The second-order valence-corrected chi connectivity index (χ2v) is 7.34. The minimum atomic E-state index is -0.377. The van der Waals surface area contributed by atoms with Gasteiger partial charge in [0.15, 0.2) is 5.13 Å². The molecule has 0 amide bonds. The minimum absolute atomic E-state index is 0.306. The Balaban J connectivity index is 1.73. The molecule has 0 aliphatic carbocycles. The maximum atomic E-state index is 12.6. The van der Waals surface area contributed by atoms with Crippen molar-refractivity contribution in [3.63, 3.8) is 0 Å². The summed E-state index contributed by atoms with van der Waals surface area (Å²) in [6, 6.07) is 15.3. The summed E-state index contributed by atoms with van der Waals surface area (Å²) >= 11 is 1.29. The number of rotatable bonds is 8. The van der Waals surface area contributed by atoms with Crippen molar-refractivity contribution < 1.29 is 19.0 Å². The number of ether oxygens (including phenoxy) is 3. The molecule has 0 unspecified atom stereocenters. The highest BCUT2D eigenvalue weighted by molar-refractivity contribution is 7.16. The lowest BCUT2D eigenvalue weighted by Crippen LogP contribution is -2.04. The molecule has 0 atom stereocenters. The van der Waals surface area contributed by atoms with Crippen molar-refractivity contribution in [1.29, 1.82) is 0 Å². The zero-order chi connectivity index (χ0) is 20.9. The second kappa shape index (κ2) is 9.06. The van der Waals surface area contributed by atoms with E-state index >= 15 is 0 Å². The second-order valence-electron chi connectivity index (χ2n) is 6.37. The highest BCUT2D eigenvalue weighted by Crippen LogP contribution is 2.33. The van der Waals surface area contributed by atoms with Gasteiger partial charge in [-0.2, -0.15) is 0 Å². The summed E-state index contributed by atoms with van der Waals surface area (Å²) in [4.78, 5) is 22.3. The lowest BCUT2D eigenvalue weighted by molar-refractivity contribution is 0.0532. The third-order valence-electron chi connectivity index (χ3n) is 4.40. The zero-order valence-electron chi connectivity index (χ0n) is 16.7. The normalized spacial score (nSPS) is 11.0. The van der Waals surface area contributed by atoms with E-state index in [1.165, 1.54) is 11.3 Å². The predicted octanol–water partition coefficient (Wildman–Crippen LogP) is 4.35. The van der Waals surface area contributed by atoms with Gasteiger partial charge in [-0.15, -0.1) is 0 Å². The van der Waals surface area contributed by atoms with E-state index in [-0.39, 0.29) is 5.97 Å². The van der Waals surface area contributed by atoms with Crippen LogP contribution in [0.2, 0.25) is 0 Å². The molecule has 0 N–H and O–H groups in total. The Morgan fingerprint density at radius 2 is 1.97 bits per heavy atom. The van der Waals surface area contributed by atoms with Gasteiger partial charge in [0, 0.05) is 18.7 Å². The van der Waals surface area contributed by atoms with Crippen LogP contribution in [0.1, 0.15) is 16.6 Å². The van der Waals surface area contributed by atoms with Crippen LogP contribution in [0.4, 0.5) is 0 Å². The average Bonchev–Trinajstić information content (AvgIpc) is 3.39. The van der Waals surface area contributed by atoms with Crippen LogP contribution in [0.5, 0.6) is 5.75 Å². The van der Waals surface area contributed by atoms with E-state index in [1.807, 2.05) is 53.1 Å². The molecule has 154 valence electrons. The molecule has 0 fully saturated rings. The first kappa shape index (κ1) is 20.1. The number of imidazole rings is 1. The molecule has 2 heterocycles. The van der Waals surface area contributed by atoms with Gasteiger partial charge in [0.25, 0.3) is 0 Å². The molecule has 30 heavy (non-hydrogen) atoms. The number of carbonyl (C=O) groups excluding carboxylic acids is 1. The molecular weight excluding hydrogens is 402 g/mol. The van der Waals surface area contributed by atoms with Crippen molar-refractivity contribution in [3.05, 3.63) is 59.7 Å². The molecule has 0 aliphatic rings. The molecular formula is C22H21N3O4S. The van der Waals surface area contributed by atoms with Gasteiger partial charge in [0.05, 0.1) is 29.9 Å². The Bertz CT molecular complexity index is 1150. The molecule has 0 saturated carbocycles. The van der Waals surface area contributed by atoms with E-state index in [0.717, 1.165) is 22.3 Å². The smallest absolute Gasteiger partial charge is 0.350 e. The van der Waals surface area contributed by atoms with Gasteiger partial charge in [-0.1, -0.05) is 41.7 Å². The Morgan fingerprint density at radius 3 is 2.73 bits per heavy atom. The molecule has 2 aromatic carbocycles. The van der Waals surface area contributed by atoms with E-state index in [0.29, 0.717) is 35.5 Å². The number of aromatic nitrogens is 3. The molecule has 4 rings (SSSR count). The monoisotopic (exact) mass is 423 g/mol. The summed E-state index contributed by atoms with van der Waals surface area (Å²) in [7, 11) is 1.64. The summed E-state index contributed by atoms with van der Waals surface area (Å²) in [6.07, 6.45) is 1.70. The van der Waals surface area contributed by atoms with Gasteiger partial charge in [-0.3, -0.25) is 4.57 Å². The van der Waals surface area contributed by atoms with E-state index in [2.05, 4.69) is 4.98 Å². The lowest BCUT2D eigenvalue weighted by Gasteiger charge is -2.05. The van der Waals surface area contributed by atoms with Crippen molar-refractivity contribution in [3.8, 4) is 22.1 Å². The van der Waals surface area contributed by atoms with Crippen LogP contribution in [-0.4, -0.2) is 47.4 Å². The molecule has 4 aromatic rings. The number of esters is 1. The average molecular weight is 423 g/mol. The van der Waals surface area contributed by atoms with E-state index in [9.17, 15) is 4.79 Å². The van der Waals surface area contributed by atoms with Crippen LogP contribution in [0.15, 0.2) is 54.9 Å². The van der Waals surface area contributed by atoms with Crippen molar-refractivity contribution in [2.45, 2.75) is 6.92 Å². The number of benzene rings is 2. The topological polar surface area (TPSA) is 75.5 Å². The lowest BCUT2D eigenvalue weighted by atomic mass is 10.1. The third kappa shape index (κ3) is 4.05. The Hall–Kier alpha value is -3.23. The fourth-order valence-electron chi connectivity index (χ4n) is 3.02. The summed E-state index contributed by atoms with van der Waals surface area (Å²) in [5.74, 6) is 0.347. The molecule has 0 bridgehead atoms. The van der Waals surface area contributed by atoms with Gasteiger partial charge < -0.3 is 14.2 Å². The Morgan fingerprint density at radius 1 is 1.13 bits per heavy atom. The minimum Gasteiger partial charge on any atom is -0.491 e. The summed E-state index contributed by atoms with van der Waals surface area (Å²) in [5.41, 5.74) is 3.12. The fraction of sp³-hybridized carbons (Fsp3) is 0.227. The van der Waals surface area contributed by atoms with Crippen LogP contribution < -0.4 is 4.74 Å².